The third-order valence-electron chi connectivity index (χ3n) is 6.29. The minimum absolute atomic E-state index is 0.210. The van der Waals surface area contributed by atoms with Gasteiger partial charge in [-0.15, -0.1) is 0 Å². The Balaban J connectivity index is 1.38. The van der Waals surface area contributed by atoms with Crippen molar-refractivity contribution in [2.24, 2.45) is 0 Å². The van der Waals surface area contributed by atoms with Gasteiger partial charge in [0.15, 0.2) is 5.65 Å². The van der Waals surface area contributed by atoms with Crippen molar-refractivity contribution in [3.05, 3.63) is 48.3 Å². The molecule has 1 amide bonds. The normalized spacial score (nSPS) is 16.3. The van der Waals surface area contributed by atoms with Crippen molar-refractivity contribution in [1.82, 2.24) is 19.7 Å². The van der Waals surface area contributed by atoms with E-state index in [1.54, 1.807) is 7.11 Å². The van der Waals surface area contributed by atoms with Crippen LogP contribution in [0.5, 0.6) is 5.75 Å². The van der Waals surface area contributed by atoms with Crippen LogP contribution in [0.15, 0.2) is 42.6 Å². The Kier molecular flexibility index (Phi) is 6.93. The van der Waals surface area contributed by atoms with E-state index < -0.39 is 0 Å². The van der Waals surface area contributed by atoms with Crippen LogP contribution in [0.25, 0.3) is 11.0 Å². The van der Waals surface area contributed by atoms with Crippen LogP contribution in [0.3, 0.4) is 0 Å². The average molecular weight is 436 g/mol. The molecule has 1 atom stereocenters. The van der Waals surface area contributed by atoms with Crippen LogP contribution >= 0.6 is 0 Å². The van der Waals surface area contributed by atoms with Gasteiger partial charge in [0, 0.05) is 68.4 Å². The van der Waals surface area contributed by atoms with Crippen molar-refractivity contribution >= 4 is 22.6 Å². The summed E-state index contributed by atoms with van der Waals surface area (Å²) in [5.74, 6) is 1.31. The number of aryl methyl sites for hydroxylation is 1. The number of benzene rings is 1. The van der Waals surface area contributed by atoms with Crippen LogP contribution in [0.4, 0.5) is 5.69 Å². The second-order valence-corrected chi connectivity index (χ2v) is 8.57. The largest absolute Gasteiger partial charge is 0.497 e. The zero-order chi connectivity index (χ0) is 22.5. The van der Waals surface area contributed by atoms with E-state index in [0.29, 0.717) is 13.0 Å². The lowest BCUT2D eigenvalue weighted by Gasteiger charge is -2.33. The van der Waals surface area contributed by atoms with E-state index in [9.17, 15) is 4.79 Å². The Labute approximate surface area is 190 Å². The molecule has 0 saturated carbocycles. The molecule has 1 saturated heterocycles. The van der Waals surface area contributed by atoms with Gasteiger partial charge in [0.25, 0.3) is 0 Å². The summed E-state index contributed by atoms with van der Waals surface area (Å²) in [6, 6.07) is 12.1. The second-order valence-electron chi connectivity index (χ2n) is 8.57. The van der Waals surface area contributed by atoms with Gasteiger partial charge in [-0.1, -0.05) is 13.0 Å². The van der Waals surface area contributed by atoms with Crippen molar-refractivity contribution in [3.63, 3.8) is 0 Å². The van der Waals surface area contributed by atoms with E-state index in [2.05, 4.69) is 29.1 Å². The Bertz CT molecular complexity index is 1060. The lowest BCUT2D eigenvalue weighted by atomic mass is 9.94. The van der Waals surface area contributed by atoms with E-state index >= 15 is 0 Å². The van der Waals surface area contributed by atoms with Gasteiger partial charge < -0.3 is 14.5 Å². The average Bonchev–Trinajstić information content (AvgIpc) is 3.24. The van der Waals surface area contributed by atoms with Gasteiger partial charge in [0.2, 0.25) is 5.91 Å². The van der Waals surface area contributed by atoms with Crippen molar-refractivity contribution in [1.29, 1.82) is 0 Å². The summed E-state index contributed by atoms with van der Waals surface area (Å²) >= 11 is 0. The Hall–Kier alpha value is -3.09. The second kappa shape index (κ2) is 10.0. The maximum absolute atomic E-state index is 13.0. The summed E-state index contributed by atoms with van der Waals surface area (Å²) < 4.78 is 7.29. The minimum atomic E-state index is 0.210. The number of pyridine rings is 1. The highest BCUT2D eigenvalue weighted by atomic mass is 16.5. The monoisotopic (exact) mass is 435 g/mol. The fourth-order valence-corrected chi connectivity index (χ4v) is 4.41. The minimum Gasteiger partial charge on any atom is -0.497 e. The Morgan fingerprint density at radius 2 is 2.16 bits per heavy atom. The van der Waals surface area contributed by atoms with E-state index in [0.717, 1.165) is 67.1 Å². The summed E-state index contributed by atoms with van der Waals surface area (Å²) in [6.45, 7) is 5.26. The van der Waals surface area contributed by atoms with Crippen LogP contribution in [0.2, 0.25) is 0 Å². The molecule has 1 aromatic carbocycles. The summed E-state index contributed by atoms with van der Waals surface area (Å²) in [5, 5.41) is 5.54. The van der Waals surface area contributed by atoms with Gasteiger partial charge in [0.05, 0.1) is 13.3 Å². The number of amides is 1. The molecule has 32 heavy (non-hydrogen) atoms. The molecule has 1 fully saturated rings. The van der Waals surface area contributed by atoms with Crippen LogP contribution in [0, 0.1) is 0 Å². The molecule has 170 valence electrons. The highest BCUT2D eigenvalue weighted by Gasteiger charge is 2.26. The number of hydrogen-bond donors (Lipinski definition) is 0. The maximum Gasteiger partial charge on any atom is 0.224 e. The zero-order valence-corrected chi connectivity index (χ0v) is 19.3. The molecule has 7 nitrogen and oxygen atoms in total. The van der Waals surface area contributed by atoms with E-state index in [1.165, 1.54) is 0 Å². The first-order valence-corrected chi connectivity index (χ1v) is 11.5. The fourth-order valence-electron chi connectivity index (χ4n) is 4.41. The molecule has 2 aromatic heterocycles. The summed E-state index contributed by atoms with van der Waals surface area (Å²) in [7, 11) is 3.68. The lowest BCUT2D eigenvalue weighted by molar-refractivity contribution is -0.132. The molecule has 0 N–H and O–H groups in total. The third-order valence-corrected chi connectivity index (χ3v) is 6.29. The number of piperidine rings is 1. The molecule has 0 aliphatic carbocycles. The first-order chi connectivity index (χ1) is 15.6. The molecule has 0 bridgehead atoms. The number of fused-ring (bicyclic) bond motifs is 1. The molecule has 1 unspecified atom stereocenters. The number of methoxy groups -OCH3 is 1. The number of anilines is 1. The van der Waals surface area contributed by atoms with Crippen LogP contribution in [-0.4, -0.2) is 59.4 Å². The zero-order valence-electron chi connectivity index (χ0n) is 19.3. The molecule has 0 radical (unpaired) electrons. The molecule has 1 aliphatic rings. The smallest absolute Gasteiger partial charge is 0.224 e. The van der Waals surface area contributed by atoms with Gasteiger partial charge in [0.1, 0.15) is 5.75 Å². The molecule has 0 spiro atoms. The molecule has 7 heteroatoms. The standard InChI is InChI=1S/C25H33N5O2/c1-4-13-30-25-19(17-26-30)10-11-23(27-25)20-7-6-14-29(18-20)24(31)12-15-28(2)21-8-5-9-22(16-21)32-3/h5,8-11,16-17,20H,4,6-7,12-15,18H2,1-3H3. The van der Waals surface area contributed by atoms with Gasteiger partial charge in [-0.3, -0.25) is 4.79 Å². The van der Waals surface area contributed by atoms with Crippen LogP contribution < -0.4 is 9.64 Å². The molecular formula is C25H33N5O2. The van der Waals surface area contributed by atoms with Crippen molar-refractivity contribution < 1.29 is 9.53 Å². The third kappa shape index (κ3) is 4.87. The number of likely N-dealkylation sites (tertiary alicyclic amines) is 1. The highest BCUT2D eigenvalue weighted by Crippen LogP contribution is 2.28. The van der Waals surface area contributed by atoms with Gasteiger partial charge in [-0.25, -0.2) is 9.67 Å². The van der Waals surface area contributed by atoms with Gasteiger partial charge >= 0.3 is 0 Å². The number of nitrogens with zero attached hydrogens (tertiary/aromatic N) is 5. The molecule has 3 aromatic rings. The van der Waals surface area contributed by atoms with Crippen LogP contribution in [-0.2, 0) is 11.3 Å². The summed E-state index contributed by atoms with van der Waals surface area (Å²) in [6.07, 6.45) is 5.48. The van der Waals surface area contributed by atoms with Crippen LogP contribution in [0.1, 0.15) is 44.2 Å². The number of carbonyl (C=O) groups is 1. The van der Waals surface area contributed by atoms with E-state index in [1.807, 2.05) is 47.1 Å². The fraction of sp³-hybridized carbons (Fsp3) is 0.480. The lowest BCUT2D eigenvalue weighted by Crippen LogP contribution is -2.40. The highest BCUT2D eigenvalue weighted by molar-refractivity contribution is 5.77. The predicted molar refractivity (Wildman–Crippen MR) is 127 cm³/mol. The van der Waals surface area contributed by atoms with E-state index in [4.69, 9.17) is 9.72 Å². The summed E-state index contributed by atoms with van der Waals surface area (Å²) in [5.41, 5.74) is 3.07. The number of carbonyl (C=O) groups excluding carboxylic acids is 1. The van der Waals surface area contributed by atoms with Crippen molar-refractivity contribution in [2.75, 3.05) is 38.7 Å². The Morgan fingerprint density at radius 3 is 2.97 bits per heavy atom. The summed E-state index contributed by atoms with van der Waals surface area (Å²) in [4.78, 5) is 22.0. The quantitative estimate of drug-likeness (QED) is 0.533. The van der Waals surface area contributed by atoms with Gasteiger partial charge in [-0.2, -0.15) is 5.10 Å². The number of hydrogen-bond acceptors (Lipinski definition) is 5. The molecule has 3 heterocycles. The SMILES string of the molecule is CCCn1ncc2ccc(C3CCCN(C(=O)CCN(C)c4cccc(OC)c4)C3)nc21. The number of ether oxygens (including phenoxy) is 1. The molecule has 1 aliphatic heterocycles. The maximum atomic E-state index is 13.0. The van der Waals surface area contributed by atoms with Gasteiger partial charge in [-0.05, 0) is 43.5 Å². The number of rotatable bonds is 8. The first-order valence-electron chi connectivity index (χ1n) is 11.5. The van der Waals surface area contributed by atoms with Crippen molar-refractivity contribution in [2.45, 2.75) is 45.1 Å². The molecule has 4 rings (SSSR count). The van der Waals surface area contributed by atoms with Crippen molar-refractivity contribution in [3.8, 4) is 5.75 Å². The number of aromatic nitrogens is 3. The molecular weight excluding hydrogens is 402 g/mol. The first kappa shape index (κ1) is 22.1. The topological polar surface area (TPSA) is 63.5 Å². The predicted octanol–water partition coefficient (Wildman–Crippen LogP) is 4.08. The van der Waals surface area contributed by atoms with E-state index in [-0.39, 0.29) is 11.8 Å². The Morgan fingerprint density at radius 1 is 1.28 bits per heavy atom.